The summed E-state index contributed by atoms with van der Waals surface area (Å²) in [7, 11) is 0. The highest BCUT2D eigenvalue weighted by Crippen LogP contribution is 2.30. The third kappa shape index (κ3) is 3.76. The molecule has 1 aromatic rings. The van der Waals surface area contributed by atoms with Gasteiger partial charge in [0.15, 0.2) is 0 Å². The average Bonchev–Trinajstić information content (AvgIpc) is 2.43. The van der Waals surface area contributed by atoms with E-state index in [9.17, 15) is 9.18 Å². The van der Waals surface area contributed by atoms with Crippen LogP contribution in [0.25, 0.3) is 0 Å². The van der Waals surface area contributed by atoms with Gasteiger partial charge in [-0.05, 0) is 72.3 Å². The standard InChI is InChI=1S/C14H18BrFN2O/c15-12-6-5-11(16)7-13(12)18-14(19)10-3-1-9(8-17)2-4-10/h5-7,9-10H,1-4,8,17H2,(H,18,19). The van der Waals surface area contributed by atoms with Gasteiger partial charge in [-0.15, -0.1) is 0 Å². The van der Waals surface area contributed by atoms with Crippen LogP contribution in [0.2, 0.25) is 0 Å². The van der Waals surface area contributed by atoms with Crippen molar-refractivity contribution in [3.8, 4) is 0 Å². The lowest BCUT2D eigenvalue weighted by Gasteiger charge is -2.26. The third-order valence-corrected chi connectivity index (χ3v) is 4.43. The fraction of sp³-hybridized carbons (Fsp3) is 0.500. The van der Waals surface area contributed by atoms with E-state index in [0.29, 0.717) is 22.6 Å². The topological polar surface area (TPSA) is 55.1 Å². The molecule has 1 amide bonds. The largest absolute Gasteiger partial charge is 0.330 e. The van der Waals surface area contributed by atoms with E-state index in [2.05, 4.69) is 21.2 Å². The molecule has 0 spiro atoms. The van der Waals surface area contributed by atoms with Gasteiger partial charge >= 0.3 is 0 Å². The SMILES string of the molecule is NCC1CCC(C(=O)Nc2cc(F)ccc2Br)CC1. The van der Waals surface area contributed by atoms with Crippen molar-refractivity contribution >= 4 is 27.5 Å². The fourth-order valence-electron chi connectivity index (χ4n) is 2.49. The summed E-state index contributed by atoms with van der Waals surface area (Å²) < 4.78 is 13.8. The Labute approximate surface area is 120 Å². The Kier molecular flexibility index (Phi) is 4.93. The number of nitrogens with two attached hydrogens (primary N) is 1. The molecule has 0 unspecified atom stereocenters. The molecule has 0 saturated heterocycles. The summed E-state index contributed by atoms with van der Waals surface area (Å²) in [5, 5.41) is 2.80. The molecule has 3 N–H and O–H groups in total. The molecule has 1 aromatic carbocycles. The van der Waals surface area contributed by atoms with Gasteiger partial charge in [0.05, 0.1) is 5.69 Å². The van der Waals surface area contributed by atoms with Crippen LogP contribution in [-0.4, -0.2) is 12.5 Å². The van der Waals surface area contributed by atoms with Crippen molar-refractivity contribution in [3.63, 3.8) is 0 Å². The van der Waals surface area contributed by atoms with Gasteiger partial charge in [-0.3, -0.25) is 4.79 Å². The zero-order chi connectivity index (χ0) is 13.8. The Morgan fingerprint density at radius 1 is 1.37 bits per heavy atom. The van der Waals surface area contributed by atoms with Crippen LogP contribution >= 0.6 is 15.9 Å². The number of anilines is 1. The summed E-state index contributed by atoms with van der Waals surface area (Å²) in [5.74, 6) is 0.176. The first kappa shape index (κ1) is 14.5. The van der Waals surface area contributed by atoms with E-state index in [1.807, 2.05) is 0 Å². The molecule has 1 aliphatic carbocycles. The van der Waals surface area contributed by atoms with Crippen molar-refractivity contribution < 1.29 is 9.18 Å². The average molecular weight is 329 g/mol. The fourth-order valence-corrected chi connectivity index (χ4v) is 2.83. The van der Waals surface area contributed by atoms with Gasteiger partial charge in [-0.1, -0.05) is 0 Å². The molecule has 1 fully saturated rings. The third-order valence-electron chi connectivity index (χ3n) is 3.74. The summed E-state index contributed by atoms with van der Waals surface area (Å²) >= 11 is 3.31. The van der Waals surface area contributed by atoms with Gasteiger partial charge in [-0.25, -0.2) is 4.39 Å². The predicted octanol–water partition coefficient (Wildman–Crippen LogP) is 3.29. The highest BCUT2D eigenvalue weighted by atomic mass is 79.9. The number of nitrogens with one attached hydrogen (secondary N) is 1. The molecule has 5 heteroatoms. The molecule has 0 atom stereocenters. The predicted molar refractivity (Wildman–Crippen MR) is 77.2 cm³/mol. The first-order valence-electron chi connectivity index (χ1n) is 6.56. The lowest BCUT2D eigenvalue weighted by molar-refractivity contribution is -0.121. The zero-order valence-corrected chi connectivity index (χ0v) is 12.2. The number of hydrogen-bond acceptors (Lipinski definition) is 2. The quantitative estimate of drug-likeness (QED) is 0.894. The Morgan fingerprint density at radius 2 is 2.05 bits per heavy atom. The maximum absolute atomic E-state index is 13.2. The summed E-state index contributed by atoms with van der Waals surface area (Å²) in [6.07, 6.45) is 3.72. The van der Waals surface area contributed by atoms with Crippen LogP contribution in [0.15, 0.2) is 22.7 Å². The zero-order valence-electron chi connectivity index (χ0n) is 10.7. The van der Waals surface area contributed by atoms with Crippen molar-refractivity contribution in [1.82, 2.24) is 0 Å². The number of carbonyl (C=O) groups is 1. The van der Waals surface area contributed by atoms with Crippen LogP contribution in [0.4, 0.5) is 10.1 Å². The van der Waals surface area contributed by atoms with Gasteiger partial charge in [0.2, 0.25) is 5.91 Å². The Balaban J connectivity index is 1.96. The number of halogens is 2. The highest BCUT2D eigenvalue weighted by Gasteiger charge is 2.25. The molecule has 0 radical (unpaired) electrons. The minimum absolute atomic E-state index is 0.0120. The van der Waals surface area contributed by atoms with Gasteiger partial charge in [0, 0.05) is 10.4 Å². The van der Waals surface area contributed by atoms with Crippen LogP contribution in [0.1, 0.15) is 25.7 Å². The van der Waals surface area contributed by atoms with E-state index in [0.717, 1.165) is 25.7 Å². The van der Waals surface area contributed by atoms with Crippen molar-refractivity contribution in [2.45, 2.75) is 25.7 Å². The number of carbonyl (C=O) groups excluding carboxylic acids is 1. The number of benzene rings is 1. The molecule has 0 heterocycles. The molecule has 19 heavy (non-hydrogen) atoms. The summed E-state index contributed by atoms with van der Waals surface area (Å²) in [5.41, 5.74) is 6.13. The van der Waals surface area contributed by atoms with E-state index in [1.54, 1.807) is 6.07 Å². The van der Waals surface area contributed by atoms with Crippen LogP contribution < -0.4 is 11.1 Å². The molecule has 0 aromatic heterocycles. The smallest absolute Gasteiger partial charge is 0.227 e. The van der Waals surface area contributed by atoms with Gasteiger partial charge in [-0.2, -0.15) is 0 Å². The summed E-state index contributed by atoms with van der Waals surface area (Å²) in [6, 6.07) is 4.27. The number of amides is 1. The van der Waals surface area contributed by atoms with E-state index in [-0.39, 0.29) is 17.6 Å². The molecular formula is C14H18BrFN2O. The molecule has 2 rings (SSSR count). The summed E-state index contributed by atoms with van der Waals surface area (Å²) in [6.45, 7) is 0.698. The van der Waals surface area contributed by atoms with E-state index in [4.69, 9.17) is 5.73 Å². The summed E-state index contributed by atoms with van der Waals surface area (Å²) in [4.78, 5) is 12.1. The molecule has 0 aliphatic heterocycles. The van der Waals surface area contributed by atoms with Crippen molar-refractivity contribution in [3.05, 3.63) is 28.5 Å². The van der Waals surface area contributed by atoms with E-state index in [1.165, 1.54) is 12.1 Å². The maximum atomic E-state index is 13.2. The lowest BCUT2D eigenvalue weighted by Crippen LogP contribution is -2.29. The highest BCUT2D eigenvalue weighted by molar-refractivity contribution is 9.10. The number of rotatable bonds is 3. The van der Waals surface area contributed by atoms with E-state index < -0.39 is 0 Å². The van der Waals surface area contributed by atoms with Gasteiger partial charge < -0.3 is 11.1 Å². The van der Waals surface area contributed by atoms with Crippen LogP contribution in [-0.2, 0) is 4.79 Å². The molecule has 1 saturated carbocycles. The first-order chi connectivity index (χ1) is 9.10. The van der Waals surface area contributed by atoms with Crippen molar-refractivity contribution in [1.29, 1.82) is 0 Å². The minimum atomic E-state index is -0.356. The van der Waals surface area contributed by atoms with Gasteiger partial charge in [0.25, 0.3) is 0 Å². The minimum Gasteiger partial charge on any atom is -0.330 e. The van der Waals surface area contributed by atoms with E-state index >= 15 is 0 Å². The first-order valence-corrected chi connectivity index (χ1v) is 7.35. The second-order valence-corrected chi connectivity index (χ2v) is 5.92. The molecule has 104 valence electrons. The Bertz CT molecular complexity index is 459. The molecule has 3 nitrogen and oxygen atoms in total. The van der Waals surface area contributed by atoms with Crippen LogP contribution in [0, 0.1) is 17.7 Å². The van der Waals surface area contributed by atoms with Gasteiger partial charge in [0.1, 0.15) is 5.82 Å². The molecule has 0 bridgehead atoms. The Morgan fingerprint density at radius 3 is 2.68 bits per heavy atom. The van der Waals surface area contributed by atoms with Crippen molar-refractivity contribution in [2.75, 3.05) is 11.9 Å². The van der Waals surface area contributed by atoms with Crippen LogP contribution in [0.5, 0.6) is 0 Å². The number of hydrogen-bond donors (Lipinski definition) is 2. The molecule has 1 aliphatic rings. The second kappa shape index (κ2) is 6.48. The maximum Gasteiger partial charge on any atom is 0.227 e. The second-order valence-electron chi connectivity index (χ2n) is 5.07. The van der Waals surface area contributed by atoms with Crippen molar-refractivity contribution in [2.24, 2.45) is 17.6 Å². The Hall–Kier alpha value is -0.940. The van der Waals surface area contributed by atoms with Crippen LogP contribution in [0.3, 0.4) is 0 Å². The molecular weight excluding hydrogens is 311 g/mol. The monoisotopic (exact) mass is 328 g/mol. The lowest BCUT2D eigenvalue weighted by atomic mass is 9.81. The normalized spacial score (nSPS) is 23.1.